The van der Waals surface area contributed by atoms with Crippen LogP contribution in [0.3, 0.4) is 0 Å². The third-order valence-electron chi connectivity index (χ3n) is 6.15. The van der Waals surface area contributed by atoms with Crippen molar-refractivity contribution in [3.63, 3.8) is 0 Å². The van der Waals surface area contributed by atoms with Crippen LogP contribution < -0.4 is 4.74 Å². The highest BCUT2D eigenvalue weighted by molar-refractivity contribution is 5.64. The number of alkyl halides is 2. The molecule has 0 aliphatic rings. The van der Waals surface area contributed by atoms with Gasteiger partial charge in [-0.15, -0.1) is 0 Å². The van der Waals surface area contributed by atoms with E-state index in [0.717, 1.165) is 55.5 Å². The van der Waals surface area contributed by atoms with Gasteiger partial charge in [-0.05, 0) is 65.9 Å². The van der Waals surface area contributed by atoms with Gasteiger partial charge in [0.1, 0.15) is 17.4 Å². The number of unbranched alkanes of at least 4 members (excludes halogenated alkanes) is 2. The van der Waals surface area contributed by atoms with E-state index in [1.807, 2.05) is 12.1 Å². The molecule has 0 radical (unpaired) electrons. The molecule has 0 N–H and O–H groups in total. The quantitative estimate of drug-likeness (QED) is 0.0910. The van der Waals surface area contributed by atoms with Gasteiger partial charge in [0, 0.05) is 11.6 Å². The largest absolute Gasteiger partial charge is 0.429 e. The molecular weight excluding hydrogens is 533 g/mol. The maximum Gasteiger partial charge on any atom is 0.429 e. The van der Waals surface area contributed by atoms with Crippen molar-refractivity contribution >= 4 is 0 Å². The van der Waals surface area contributed by atoms with Crippen LogP contribution in [0.25, 0.3) is 11.1 Å². The molecule has 0 aliphatic heterocycles. The van der Waals surface area contributed by atoms with Gasteiger partial charge < -0.3 is 4.74 Å². The van der Waals surface area contributed by atoms with Crippen molar-refractivity contribution in [2.45, 2.75) is 38.7 Å². The lowest BCUT2D eigenvalue weighted by atomic mass is 10.00. The van der Waals surface area contributed by atoms with Gasteiger partial charge in [0.2, 0.25) is 0 Å². The lowest BCUT2D eigenvalue weighted by Crippen LogP contribution is -2.23. The molecule has 4 aromatic rings. The normalized spacial score (nSPS) is 11.2. The minimum absolute atomic E-state index is 0.260. The van der Waals surface area contributed by atoms with E-state index in [1.165, 1.54) is 6.07 Å². The summed E-state index contributed by atoms with van der Waals surface area (Å²) in [6.07, 6.45) is 0.0880. The van der Waals surface area contributed by atoms with Crippen LogP contribution >= 0.6 is 0 Å². The first kappa shape index (κ1) is 28.8. The van der Waals surface area contributed by atoms with Crippen molar-refractivity contribution < 1.29 is 35.5 Å². The fourth-order valence-electron chi connectivity index (χ4n) is 4.00. The summed E-state index contributed by atoms with van der Waals surface area (Å²) >= 11 is 0. The van der Waals surface area contributed by atoms with E-state index in [9.17, 15) is 30.7 Å². The van der Waals surface area contributed by atoms with Crippen molar-refractivity contribution in [3.8, 4) is 28.7 Å². The minimum atomic E-state index is -4.13. The van der Waals surface area contributed by atoms with Crippen molar-refractivity contribution in [1.29, 1.82) is 0 Å². The number of hydrogen-bond donors (Lipinski definition) is 0. The Morgan fingerprint density at radius 3 is 1.98 bits per heavy atom. The molecule has 0 aliphatic carbocycles. The van der Waals surface area contributed by atoms with E-state index in [0.29, 0.717) is 29.3 Å². The zero-order chi connectivity index (χ0) is 28.9. The Morgan fingerprint density at radius 1 is 0.675 bits per heavy atom. The number of ether oxygens (including phenoxy) is 1. The molecule has 40 heavy (non-hydrogen) atoms. The Labute approximate surface area is 227 Å². The summed E-state index contributed by atoms with van der Waals surface area (Å²) in [6, 6.07) is 14.6. The zero-order valence-electron chi connectivity index (χ0n) is 21.3. The second-order valence-electron chi connectivity index (χ2n) is 9.11. The summed E-state index contributed by atoms with van der Waals surface area (Å²) in [7, 11) is 0. The van der Waals surface area contributed by atoms with Crippen LogP contribution in [0.2, 0.25) is 0 Å². The summed E-state index contributed by atoms with van der Waals surface area (Å²) in [5, 5.41) is 0. The lowest BCUT2D eigenvalue weighted by Gasteiger charge is -2.19. The minimum Gasteiger partial charge on any atom is -0.429 e. The molecule has 0 amide bonds. The van der Waals surface area contributed by atoms with Crippen molar-refractivity contribution in [2.75, 3.05) is 0 Å². The van der Waals surface area contributed by atoms with E-state index >= 15 is 0 Å². The first-order chi connectivity index (χ1) is 19.1. The van der Waals surface area contributed by atoms with Gasteiger partial charge in [0.15, 0.2) is 17.5 Å². The van der Waals surface area contributed by atoms with Crippen molar-refractivity contribution in [2.24, 2.45) is 0 Å². The molecule has 0 aromatic heterocycles. The second-order valence-corrected chi connectivity index (χ2v) is 9.11. The average molecular weight is 557 g/mol. The average Bonchev–Trinajstić information content (AvgIpc) is 2.91. The predicted octanol–water partition coefficient (Wildman–Crippen LogP) is 9.31. The molecular formula is C32H23F7O. The molecule has 0 spiro atoms. The summed E-state index contributed by atoms with van der Waals surface area (Å²) in [6.45, 7) is 2.12. The van der Waals surface area contributed by atoms with Gasteiger partial charge in [-0.2, -0.15) is 8.78 Å². The fraction of sp³-hybridized carbons (Fsp3) is 0.188. The Hall–Kier alpha value is -4.25. The highest BCUT2D eigenvalue weighted by Gasteiger charge is 2.38. The van der Waals surface area contributed by atoms with E-state index < -0.39 is 46.5 Å². The molecule has 0 heterocycles. The SMILES string of the molecule is CCCCCc1ccc(-c2ccc(C(F)(F)Oc3ccc(C#Cc4cc(F)c(F)c(F)c4)c(F)c3)c(F)c2)cc1. The molecule has 0 saturated carbocycles. The van der Waals surface area contributed by atoms with Gasteiger partial charge >= 0.3 is 6.11 Å². The summed E-state index contributed by atoms with van der Waals surface area (Å²) < 4.78 is 103. The summed E-state index contributed by atoms with van der Waals surface area (Å²) in [5.74, 6) is -2.92. The van der Waals surface area contributed by atoms with Gasteiger partial charge in [0.25, 0.3) is 0 Å². The molecule has 8 heteroatoms. The molecule has 0 bridgehead atoms. The topological polar surface area (TPSA) is 9.23 Å². The smallest absolute Gasteiger partial charge is 0.429 e. The Kier molecular flexibility index (Phi) is 8.83. The van der Waals surface area contributed by atoms with Crippen molar-refractivity contribution in [3.05, 3.63) is 124 Å². The van der Waals surface area contributed by atoms with Gasteiger partial charge in [-0.3, -0.25) is 0 Å². The highest BCUT2D eigenvalue weighted by Crippen LogP contribution is 2.35. The third-order valence-corrected chi connectivity index (χ3v) is 6.15. The van der Waals surface area contributed by atoms with Crippen LogP contribution in [0.5, 0.6) is 5.75 Å². The Bertz CT molecular complexity index is 1540. The number of halogens is 7. The van der Waals surface area contributed by atoms with Gasteiger partial charge in [-0.1, -0.05) is 61.9 Å². The molecule has 1 nitrogen and oxygen atoms in total. The standard InChI is InChI=1S/C32H23F7O/c1-2-3-4-5-20-6-9-22(10-7-20)24-13-15-26(28(34)18-24)32(38,39)40-25-14-12-23(27(33)19-25)11-8-21-16-29(35)31(37)30(36)17-21/h6-7,9-10,12-19H,2-5H2,1H3. The maximum atomic E-state index is 14.8. The third kappa shape index (κ3) is 6.84. The van der Waals surface area contributed by atoms with E-state index in [2.05, 4.69) is 23.5 Å². The maximum absolute atomic E-state index is 14.8. The van der Waals surface area contributed by atoms with E-state index in [4.69, 9.17) is 0 Å². The molecule has 4 aromatic carbocycles. The van der Waals surface area contributed by atoms with E-state index in [1.54, 1.807) is 12.1 Å². The first-order valence-corrected chi connectivity index (χ1v) is 12.5. The predicted molar refractivity (Wildman–Crippen MR) is 138 cm³/mol. The molecule has 0 atom stereocenters. The summed E-state index contributed by atoms with van der Waals surface area (Å²) in [5.41, 5.74) is 0.622. The Morgan fingerprint density at radius 2 is 1.35 bits per heavy atom. The fourth-order valence-corrected chi connectivity index (χ4v) is 4.00. The molecule has 0 unspecified atom stereocenters. The van der Waals surface area contributed by atoms with Crippen LogP contribution in [0.4, 0.5) is 30.7 Å². The first-order valence-electron chi connectivity index (χ1n) is 12.5. The van der Waals surface area contributed by atoms with Crippen molar-refractivity contribution in [1.82, 2.24) is 0 Å². The lowest BCUT2D eigenvalue weighted by molar-refractivity contribution is -0.187. The van der Waals surface area contributed by atoms with Gasteiger partial charge in [0.05, 0.1) is 11.1 Å². The number of benzene rings is 4. The molecule has 0 saturated heterocycles. The highest BCUT2D eigenvalue weighted by atomic mass is 19.3. The van der Waals surface area contributed by atoms with Gasteiger partial charge in [-0.25, -0.2) is 22.0 Å². The zero-order valence-corrected chi connectivity index (χ0v) is 21.3. The Balaban J connectivity index is 1.48. The van der Waals surface area contributed by atoms with Crippen LogP contribution in [-0.2, 0) is 12.5 Å². The van der Waals surface area contributed by atoms with E-state index in [-0.39, 0.29) is 11.1 Å². The number of rotatable bonds is 8. The molecule has 206 valence electrons. The van der Waals surface area contributed by atoms with Crippen LogP contribution in [0.15, 0.2) is 72.8 Å². The number of aryl methyl sites for hydroxylation is 1. The molecule has 0 fully saturated rings. The molecule has 4 rings (SSSR count). The summed E-state index contributed by atoms with van der Waals surface area (Å²) in [4.78, 5) is 0. The van der Waals surface area contributed by atoms with Crippen LogP contribution in [-0.4, -0.2) is 0 Å². The second kappa shape index (κ2) is 12.3. The number of hydrogen-bond acceptors (Lipinski definition) is 1. The monoisotopic (exact) mass is 556 g/mol. The van der Waals surface area contributed by atoms with Crippen LogP contribution in [0, 0.1) is 40.9 Å². The van der Waals surface area contributed by atoms with Crippen LogP contribution in [0.1, 0.15) is 48.4 Å².